The molecule has 0 atom stereocenters. The Morgan fingerprint density at radius 2 is 1.38 bits per heavy atom. The van der Waals surface area contributed by atoms with Crippen molar-refractivity contribution < 1.29 is 19.5 Å². The lowest BCUT2D eigenvalue weighted by Crippen LogP contribution is -2.36. The predicted molar refractivity (Wildman–Crippen MR) is 113 cm³/mol. The van der Waals surface area contributed by atoms with Crippen molar-refractivity contribution in [3.8, 4) is 0 Å². The Balaban J connectivity index is -0.0000000490. The van der Waals surface area contributed by atoms with Crippen LogP contribution in [-0.4, -0.2) is 49.1 Å². The fourth-order valence-corrected chi connectivity index (χ4v) is 0.865. The Morgan fingerprint density at radius 3 is 1.50 bits per heavy atom. The van der Waals surface area contributed by atoms with Crippen molar-refractivity contribution >= 4 is 39.4 Å². The molecule has 6 nitrogen and oxygen atoms in total. The van der Waals surface area contributed by atoms with E-state index in [4.69, 9.17) is 10.8 Å². The maximum absolute atomic E-state index is 10.7. The van der Waals surface area contributed by atoms with Gasteiger partial charge in [0.15, 0.2) is 0 Å². The molecule has 0 aliphatic carbocycles. The predicted octanol–water partition coefficient (Wildman–Crippen LogP) is 3.48. The molecule has 3 N–H and O–H groups in total. The lowest BCUT2D eigenvalue weighted by Gasteiger charge is -2.19. The summed E-state index contributed by atoms with van der Waals surface area (Å²) in [5.74, 6) is -0.845. The molecule has 0 aromatic heterocycles. The summed E-state index contributed by atoms with van der Waals surface area (Å²) in [5, 5.41) is 7.72. The fourth-order valence-electron chi connectivity index (χ4n) is 0.865. The zero-order valence-electron chi connectivity index (χ0n) is 13.7. The van der Waals surface area contributed by atoms with Gasteiger partial charge in [0.2, 0.25) is 11.8 Å². The summed E-state index contributed by atoms with van der Waals surface area (Å²) in [6.45, 7) is 8.37. The molecule has 150 valence electrons. The number of carbonyl (C=O) groups is 3. The van der Waals surface area contributed by atoms with Crippen LogP contribution in [0.25, 0.3) is 0 Å². The Labute approximate surface area is 157 Å². The van der Waals surface area contributed by atoms with Crippen LogP contribution in [0, 0.1) is 0 Å². The Hall–Kier alpha value is -0.863. The number of piperidine rings is 1. The van der Waals surface area contributed by atoms with Gasteiger partial charge in [0, 0.05) is 26.3 Å². The van der Waals surface area contributed by atoms with Gasteiger partial charge in [-0.1, -0.05) is 48.8 Å². The van der Waals surface area contributed by atoms with E-state index in [1.54, 1.807) is 6.92 Å². The highest BCUT2D eigenvalue weighted by atomic mass is 32.1. The van der Waals surface area contributed by atoms with E-state index in [9.17, 15) is 14.4 Å². The van der Waals surface area contributed by atoms with Gasteiger partial charge < -0.3 is 10.8 Å². The maximum atomic E-state index is 10.7. The Bertz CT molecular complexity index is 319. The summed E-state index contributed by atoms with van der Waals surface area (Å²) in [7, 11) is 0.678. The summed E-state index contributed by atoms with van der Waals surface area (Å²) in [4.78, 5) is 32.0. The molecular formula is C16H42N2O4SSi. The van der Waals surface area contributed by atoms with Crippen molar-refractivity contribution in [1.29, 1.82) is 0 Å². The van der Waals surface area contributed by atoms with Crippen LogP contribution in [0.4, 0.5) is 0 Å². The maximum Gasteiger partial charge on any atom is 0.303 e. The van der Waals surface area contributed by atoms with Crippen molar-refractivity contribution in [2.24, 2.45) is 5.73 Å². The van der Waals surface area contributed by atoms with Crippen LogP contribution in [0.3, 0.4) is 0 Å². The lowest BCUT2D eigenvalue weighted by atomic mass is 10.1. The summed E-state index contributed by atoms with van der Waals surface area (Å²) < 4.78 is 0. The fraction of sp³-hybridized carbons (Fsp3) is 0.812. The lowest BCUT2D eigenvalue weighted by molar-refractivity contribution is -0.146. The van der Waals surface area contributed by atoms with Crippen molar-refractivity contribution in [3.05, 3.63) is 0 Å². The van der Waals surface area contributed by atoms with Crippen LogP contribution in [0.1, 0.15) is 54.9 Å². The van der Waals surface area contributed by atoms with E-state index in [-0.39, 0.29) is 54.0 Å². The molecule has 1 aliphatic rings. The van der Waals surface area contributed by atoms with Crippen molar-refractivity contribution in [2.45, 2.75) is 74.5 Å². The summed E-state index contributed by atoms with van der Waals surface area (Å²) >= 11 is 0. The van der Waals surface area contributed by atoms with E-state index in [2.05, 4.69) is 19.6 Å². The number of likely N-dealkylation sites (tertiary alicyclic amines) is 1. The molecule has 1 fully saturated rings. The molecule has 0 spiro atoms. The Morgan fingerprint density at radius 1 is 1.12 bits per heavy atom. The molecule has 1 rings (SSSR count). The highest BCUT2D eigenvalue weighted by Crippen LogP contribution is 2.08. The van der Waals surface area contributed by atoms with Crippen molar-refractivity contribution in [3.63, 3.8) is 0 Å². The van der Waals surface area contributed by atoms with Crippen molar-refractivity contribution in [2.75, 3.05) is 13.2 Å². The van der Waals surface area contributed by atoms with Crippen LogP contribution in [-0.2, 0) is 14.4 Å². The molecule has 0 saturated carbocycles. The highest BCUT2D eigenvalue weighted by Gasteiger charge is 2.20. The third-order valence-corrected chi connectivity index (χ3v) is 3.67. The normalized spacial score (nSPS) is 12.3. The first kappa shape index (κ1) is 38.6. The average Bonchev–Trinajstić information content (AvgIpc) is 2.36. The molecule has 0 bridgehead atoms. The average molecular weight is 387 g/mol. The van der Waals surface area contributed by atoms with Crippen LogP contribution < -0.4 is 5.73 Å². The first-order chi connectivity index (χ1) is 9.05. The number of carboxylic acids is 1. The zero-order valence-corrected chi connectivity index (χ0v) is 15.7. The molecular weight excluding hydrogens is 344 g/mol. The number of carboxylic acid groups (broad SMARTS) is 1. The van der Waals surface area contributed by atoms with E-state index in [0.717, 1.165) is 12.6 Å². The van der Waals surface area contributed by atoms with Gasteiger partial charge in [-0.3, -0.25) is 19.3 Å². The summed E-state index contributed by atoms with van der Waals surface area (Å²) in [6, 6.07) is 0. The number of rotatable bonds is 2. The molecule has 1 heterocycles. The van der Waals surface area contributed by atoms with Gasteiger partial charge in [-0.25, -0.2) is 0 Å². The van der Waals surface area contributed by atoms with Crippen LogP contribution >= 0.6 is 13.5 Å². The number of aliphatic carboxylic acids is 1. The van der Waals surface area contributed by atoms with Gasteiger partial charge in [-0.05, 0) is 12.6 Å². The highest BCUT2D eigenvalue weighted by molar-refractivity contribution is 7.59. The minimum atomic E-state index is -0.853. The van der Waals surface area contributed by atoms with Gasteiger partial charge in [-0.15, -0.1) is 0 Å². The number of nitrogens with two attached hydrogens (primary N) is 1. The quantitative estimate of drug-likeness (QED) is 0.559. The second-order valence-electron chi connectivity index (χ2n) is 5.71. The first-order valence-corrected chi connectivity index (χ1v) is 10.5. The van der Waals surface area contributed by atoms with Crippen molar-refractivity contribution in [1.82, 2.24) is 4.90 Å². The topological polar surface area (TPSA) is 101 Å². The van der Waals surface area contributed by atoms with Gasteiger partial charge >= 0.3 is 5.97 Å². The largest absolute Gasteiger partial charge is 0.481 e. The standard InChI is InChI=1S/C6H9NO2.C4H13NSi.C3H6O2.3CH4.H2S/c1-7-5(8)3-2-4-6(7)9;1-6(2,3)4-5;1-2-3(4)5;;;;/h2-4H2,1H3;4-5H2,1-3H3;2H2,1H3,(H,4,5);3*1H4;1H2. The molecule has 24 heavy (non-hydrogen) atoms. The molecule has 0 aromatic carbocycles. The molecule has 2 amide bonds. The molecule has 8 heteroatoms. The van der Waals surface area contributed by atoms with E-state index in [0.29, 0.717) is 12.8 Å². The molecule has 0 aromatic rings. The summed E-state index contributed by atoms with van der Waals surface area (Å²) in [6.07, 6.45) is 2.92. The van der Waals surface area contributed by atoms with Crippen LogP contribution in [0.2, 0.25) is 19.6 Å². The van der Waals surface area contributed by atoms with Gasteiger partial charge in [-0.2, -0.15) is 13.5 Å². The van der Waals surface area contributed by atoms with Crippen LogP contribution in [0.15, 0.2) is 0 Å². The van der Waals surface area contributed by atoms with Gasteiger partial charge in [0.1, 0.15) is 0 Å². The third kappa shape index (κ3) is 26.1. The number of hydrogen-bond donors (Lipinski definition) is 2. The minimum absolute atomic E-state index is 0. The smallest absolute Gasteiger partial charge is 0.303 e. The third-order valence-electron chi connectivity index (χ3n) is 2.44. The van der Waals surface area contributed by atoms with Crippen LogP contribution in [0.5, 0.6) is 0 Å². The van der Waals surface area contributed by atoms with E-state index in [1.807, 2.05) is 0 Å². The number of imide groups is 1. The monoisotopic (exact) mass is 386 g/mol. The molecule has 0 unspecified atom stereocenters. The van der Waals surface area contributed by atoms with Gasteiger partial charge in [0.25, 0.3) is 0 Å². The van der Waals surface area contributed by atoms with E-state index in [1.165, 1.54) is 11.9 Å². The number of nitrogens with zero attached hydrogens (tertiary/aromatic N) is 1. The SMILES string of the molecule is C.C.C.CCC(=O)O.CN1C(=O)CCCC1=O.C[Si](C)(C)CN.S. The minimum Gasteiger partial charge on any atom is -0.481 e. The molecule has 1 aliphatic heterocycles. The number of amides is 2. The van der Waals surface area contributed by atoms with E-state index >= 15 is 0 Å². The molecule has 0 radical (unpaired) electrons. The zero-order chi connectivity index (χ0) is 16.3. The second kappa shape index (κ2) is 20.2. The Kier molecular flexibility index (Phi) is 32.5. The number of hydrogen-bond acceptors (Lipinski definition) is 4. The number of carbonyl (C=O) groups excluding carboxylic acids is 2. The van der Waals surface area contributed by atoms with E-state index < -0.39 is 14.0 Å². The summed E-state index contributed by atoms with van der Waals surface area (Å²) in [5.41, 5.74) is 5.37. The molecule has 1 saturated heterocycles. The van der Waals surface area contributed by atoms with Gasteiger partial charge in [0.05, 0.1) is 8.07 Å². The first-order valence-electron chi connectivity index (χ1n) is 6.76. The second-order valence-corrected chi connectivity index (χ2v) is 11.2.